The van der Waals surface area contributed by atoms with E-state index < -0.39 is 19.0 Å². The lowest BCUT2D eigenvalue weighted by atomic mass is 9.75. The number of benzene rings is 2. The summed E-state index contributed by atoms with van der Waals surface area (Å²) in [6.07, 6.45) is 1.23. The number of carbonyl (C=O) groups excluding carboxylic acids is 1. The molecule has 0 radical (unpaired) electrons. The van der Waals surface area contributed by atoms with E-state index in [2.05, 4.69) is 10.2 Å². The fraction of sp³-hybridized carbons (Fsp3) is 0.364. The Morgan fingerprint density at radius 2 is 1.94 bits per heavy atom. The highest BCUT2D eigenvalue weighted by Gasteiger charge is 2.26. The highest BCUT2D eigenvalue weighted by molar-refractivity contribution is 6.43. The van der Waals surface area contributed by atoms with Crippen molar-refractivity contribution >= 4 is 19.0 Å². The summed E-state index contributed by atoms with van der Waals surface area (Å²) in [5.74, 6) is -1.71. The van der Waals surface area contributed by atoms with Gasteiger partial charge in [0.2, 0.25) is 5.91 Å². The first-order valence-electron chi connectivity index (χ1n) is 10.2. The van der Waals surface area contributed by atoms with Crippen molar-refractivity contribution in [1.29, 1.82) is 0 Å². The molecule has 31 heavy (non-hydrogen) atoms. The van der Waals surface area contributed by atoms with Gasteiger partial charge in [-0.05, 0) is 55.3 Å². The number of carboxylic acids is 1. The van der Waals surface area contributed by atoms with Crippen molar-refractivity contribution < 1.29 is 29.5 Å². The molecule has 0 bridgehead atoms. The molecule has 1 heterocycles. The largest absolute Gasteiger partial charge is 0.489 e. The van der Waals surface area contributed by atoms with Crippen molar-refractivity contribution in [2.45, 2.75) is 31.3 Å². The van der Waals surface area contributed by atoms with Gasteiger partial charge < -0.3 is 30.1 Å². The van der Waals surface area contributed by atoms with Crippen LogP contribution < -0.4 is 10.1 Å². The number of nitrogens with one attached hydrogen (secondary N) is 1. The third-order valence-electron chi connectivity index (χ3n) is 5.25. The van der Waals surface area contributed by atoms with Crippen molar-refractivity contribution in [2.75, 3.05) is 20.1 Å². The standard InChI is InChI=1S/C22H27BN2O6/c1-25-9-8-19(14-25)31-18-7-3-5-16(11-18)13-21(26)24-20(23(29)30)12-15-4-2-6-17(10-15)22(27)28/h2-7,10-11,19-20,29-30H,8-9,12-14H2,1H3,(H,24,26)(H,27,28). The maximum atomic E-state index is 12.5. The Bertz CT molecular complexity index is 922. The molecule has 1 fully saturated rings. The number of ether oxygens (including phenoxy) is 1. The van der Waals surface area contributed by atoms with E-state index in [9.17, 15) is 19.6 Å². The minimum atomic E-state index is -1.79. The molecule has 1 amide bonds. The molecule has 2 aromatic rings. The third kappa shape index (κ3) is 6.82. The normalized spacial score (nSPS) is 17.2. The molecule has 2 unspecified atom stereocenters. The molecular weight excluding hydrogens is 399 g/mol. The first kappa shape index (κ1) is 22.8. The summed E-state index contributed by atoms with van der Waals surface area (Å²) in [5.41, 5.74) is 1.43. The molecule has 2 aromatic carbocycles. The van der Waals surface area contributed by atoms with Crippen LogP contribution in [-0.4, -0.2) is 71.2 Å². The Morgan fingerprint density at radius 1 is 1.19 bits per heavy atom. The van der Waals surface area contributed by atoms with Gasteiger partial charge in [0.15, 0.2) is 0 Å². The van der Waals surface area contributed by atoms with Crippen molar-refractivity contribution in [3.05, 3.63) is 65.2 Å². The smallest absolute Gasteiger partial charge is 0.475 e. The van der Waals surface area contributed by atoms with Gasteiger partial charge in [0.05, 0.1) is 17.9 Å². The maximum absolute atomic E-state index is 12.5. The lowest BCUT2D eigenvalue weighted by Crippen LogP contribution is -2.48. The first-order valence-corrected chi connectivity index (χ1v) is 10.2. The summed E-state index contributed by atoms with van der Waals surface area (Å²) in [4.78, 5) is 25.8. The second kappa shape index (κ2) is 10.4. The number of likely N-dealkylation sites (N-methyl/N-ethyl adjacent to an activating group) is 1. The van der Waals surface area contributed by atoms with Crippen LogP contribution in [0.4, 0.5) is 0 Å². The Labute approximate surface area is 181 Å². The minimum Gasteiger partial charge on any atom is -0.489 e. The molecule has 1 aliphatic rings. The molecule has 4 N–H and O–H groups in total. The van der Waals surface area contributed by atoms with E-state index in [-0.39, 0.29) is 30.4 Å². The number of nitrogens with zero attached hydrogens (tertiary/aromatic N) is 1. The predicted octanol–water partition coefficient (Wildman–Crippen LogP) is 0.750. The number of likely N-dealkylation sites (tertiary alicyclic amines) is 1. The highest BCUT2D eigenvalue weighted by atomic mass is 16.5. The zero-order valence-corrected chi connectivity index (χ0v) is 17.4. The molecule has 0 saturated carbocycles. The van der Waals surface area contributed by atoms with E-state index in [0.29, 0.717) is 11.3 Å². The summed E-state index contributed by atoms with van der Waals surface area (Å²) in [7, 11) is 0.264. The van der Waals surface area contributed by atoms with Crippen molar-refractivity contribution in [3.8, 4) is 5.75 Å². The van der Waals surface area contributed by atoms with Crippen molar-refractivity contribution in [3.63, 3.8) is 0 Å². The Hall–Kier alpha value is -2.88. The van der Waals surface area contributed by atoms with Gasteiger partial charge in [0.25, 0.3) is 0 Å². The van der Waals surface area contributed by atoms with Crippen LogP contribution in [0.2, 0.25) is 0 Å². The van der Waals surface area contributed by atoms with Crippen LogP contribution in [0.25, 0.3) is 0 Å². The lowest BCUT2D eigenvalue weighted by molar-refractivity contribution is -0.120. The second-order valence-electron chi connectivity index (χ2n) is 7.91. The van der Waals surface area contributed by atoms with E-state index in [1.54, 1.807) is 12.1 Å². The number of hydrogen-bond donors (Lipinski definition) is 4. The first-order chi connectivity index (χ1) is 14.8. The van der Waals surface area contributed by atoms with E-state index in [1.807, 2.05) is 31.3 Å². The second-order valence-corrected chi connectivity index (χ2v) is 7.91. The van der Waals surface area contributed by atoms with Gasteiger partial charge in [-0.2, -0.15) is 0 Å². The number of carbonyl (C=O) groups is 2. The fourth-order valence-electron chi connectivity index (χ4n) is 3.67. The number of aromatic carboxylic acids is 1. The molecule has 0 aliphatic carbocycles. The molecule has 164 valence electrons. The average Bonchev–Trinajstić information content (AvgIpc) is 3.12. The topological polar surface area (TPSA) is 119 Å². The van der Waals surface area contributed by atoms with Gasteiger partial charge in [-0.15, -0.1) is 0 Å². The van der Waals surface area contributed by atoms with E-state index >= 15 is 0 Å². The molecule has 0 aromatic heterocycles. The SMILES string of the molecule is CN1CCC(Oc2cccc(CC(=O)NC(Cc3cccc(C(=O)O)c3)B(O)O)c2)C1. The molecule has 1 aliphatic heterocycles. The van der Waals surface area contributed by atoms with Gasteiger partial charge in [0.1, 0.15) is 11.9 Å². The summed E-state index contributed by atoms with van der Waals surface area (Å²) in [6, 6.07) is 13.5. The van der Waals surface area contributed by atoms with Gasteiger partial charge in [-0.1, -0.05) is 24.3 Å². The Balaban J connectivity index is 1.59. The van der Waals surface area contributed by atoms with Crippen LogP contribution in [0, 0.1) is 0 Å². The third-order valence-corrected chi connectivity index (χ3v) is 5.25. The monoisotopic (exact) mass is 426 g/mol. The molecule has 9 heteroatoms. The van der Waals surface area contributed by atoms with Crippen LogP contribution in [-0.2, 0) is 17.6 Å². The van der Waals surface area contributed by atoms with E-state index in [1.165, 1.54) is 12.1 Å². The zero-order chi connectivity index (χ0) is 22.4. The van der Waals surface area contributed by atoms with Crippen LogP contribution >= 0.6 is 0 Å². The predicted molar refractivity (Wildman–Crippen MR) is 116 cm³/mol. The summed E-state index contributed by atoms with van der Waals surface area (Å²) in [6.45, 7) is 1.86. The molecule has 1 saturated heterocycles. The van der Waals surface area contributed by atoms with Gasteiger partial charge in [0, 0.05) is 13.1 Å². The van der Waals surface area contributed by atoms with Crippen molar-refractivity contribution in [1.82, 2.24) is 10.2 Å². The van der Waals surface area contributed by atoms with E-state index in [4.69, 9.17) is 9.84 Å². The average molecular weight is 426 g/mol. The van der Waals surface area contributed by atoms with Gasteiger partial charge >= 0.3 is 13.1 Å². The van der Waals surface area contributed by atoms with Crippen LogP contribution in [0.1, 0.15) is 27.9 Å². The maximum Gasteiger partial charge on any atom is 0.475 e. The molecule has 0 spiro atoms. The Morgan fingerprint density at radius 3 is 2.61 bits per heavy atom. The zero-order valence-electron chi connectivity index (χ0n) is 17.4. The van der Waals surface area contributed by atoms with Crippen LogP contribution in [0.15, 0.2) is 48.5 Å². The van der Waals surface area contributed by atoms with Crippen molar-refractivity contribution in [2.24, 2.45) is 0 Å². The van der Waals surface area contributed by atoms with Crippen LogP contribution in [0.3, 0.4) is 0 Å². The van der Waals surface area contributed by atoms with Crippen LogP contribution in [0.5, 0.6) is 5.75 Å². The lowest BCUT2D eigenvalue weighted by Gasteiger charge is -2.18. The Kier molecular flexibility index (Phi) is 7.67. The summed E-state index contributed by atoms with van der Waals surface area (Å²) in [5, 5.41) is 31.1. The quantitative estimate of drug-likeness (QED) is 0.437. The highest BCUT2D eigenvalue weighted by Crippen LogP contribution is 2.19. The van der Waals surface area contributed by atoms with Gasteiger partial charge in [-0.25, -0.2) is 4.79 Å². The summed E-state index contributed by atoms with van der Waals surface area (Å²) < 4.78 is 6.00. The fourth-order valence-corrected chi connectivity index (χ4v) is 3.67. The molecule has 8 nitrogen and oxygen atoms in total. The summed E-state index contributed by atoms with van der Waals surface area (Å²) >= 11 is 0. The number of amides is 1. The molecular formula is C22H27BN2O6. The van der Waals surface area contributed by atoms with E-state index in [0.717, 1.165) is 25.1 Å². The number of rotatable bonds is 9. The number of carboxylic acid groups (broad SMARTS) is 1. The number of hydrogen-bond acceptors (Lipinski definition) is 6. The molecule has 3 rings (SSSR count). The molecule has 2 atom stereocenters. The minimum absolute atomic E-state index is 0.0557. The van der Waals surface area contributed by atoms with Gasteiger partial charge in [-0.3, -0.25) is 4.79 Å².